The third kappa shape index (κ3) is 4.21. The van der Waals surface area contributed by atoms with E-state index in [2.05, 4.69) is 10.4 Å². The van der Waals surface area contributed by atoms with Gasteiger partial charge in [-0.25, -0.2) is 0 Å². The molecule has 0 unspecified atom stereocenters. The number of benzene rings is 2. The molecule has 0 saturated carbocycles. The maximum atomic E-state index is 12.3. The third-order valence-corrected chi connectivity index (χ3v) is 4.59. The summed E-state index contributed by atoms with van der Waals surface area (Å²) in [4.78, 5) is 12.3. The van der Waals surface area contributed by atoms with Gasteiger partial charge in [0, 0.05) is 17.3 Å². The second-order valence-electron chi connectivity index (χ2n) is 5.90. The van der Waals surface area contributed by atoms with Crippen molar-refractivity contribution in [3.63, 3.8) is 0 Å². The molecule has 2 aromatic carbocycles. The van der Waals surface area contributed by atoms with Crippen molar-refractivity contribution in [2.75, 3.05) is 5.32 Å². The smallest absolute Gasteiger partial charge is 0.256 e. The highest BCUT2D eigenvalue weighted by Crippen LogP contribution is 2.23. The molecule has 1 amide bonds. The highest BCUT2D eigenvalue weighted by atomic mass is 35.5. The molecule has 3 rings (SSSR count). The van der Waals surface area contributed by atoms with E-state index in [1.807, 2.05) is 48.9 Å². The zero-order valence-electron chi connectivity index (χ0n) is 13.9. The lowest BCUT2D eigenvalue weighted by Crippen LogP contribution is -2.13. The van der Waals surface area contributed by atoms with Gasteiger partial charge in [0.15, 0.2) is 5.82 Å². The van der Waals surface area contributed by atoms with Gasteiger partial charge in [-0.2, -0.15) is 5.10 Å². The number of carbonyl (C=O) groups excluding carboxylic acids is 1. The second-order valence-corrected chi connectivity index (χ2v) is 6.71. The Morgan fingerprint density at radius 1 is 1.04 bits per heavy atom. The summed E-state index contributed by atoms with van der Waals surface area (Å²) in [6.45, 7) is 4.46. The van der Waals surface area contributed by atoms with Crippen molar-refractivity contribution >= 4 is 34.9 Å². The van der Waals surface area contributed by atoms with Crippen molar-refractivity contribution < 1.29 is 4.79 Å². The second kappa shape index (κ2) is 7.30. The van der Waals surface area contributed by atoms with E-state index in [0.29, 0.717) is 28.0 Å². The fraction of sp³-hybridized carbons (Fsp3) is 0.158. The van der Waals surface area contributed by atoms with Crippen molar-refractivity contribution in [2.24, 2.45) is 0 Å². The molecule has 1 N–H and O–H groups in total. The Balaban J connectivity index is 1.74. The Morgan fingerprint density at radius 2 is 1.76 bits per heavy atom. The molecule has 1 aromatic heterocycles. The van der Waals surface area contributed by atoms with Crippen molar-refractivity contribution in [1.82, 2.24) is 9.78 Å². The summed E-state index contributed by atoms with van der Waals surface area (Å²) in [6, 6.07) is 14.7. The first-order valence-corrected chi connectivity index (χ1v) is 8.54. The lowest BCUT2D eigenvalue weighted by Gasteiger charge is -2.06. The normalized spacial score (nSPS) is 10.7. The number of amides is 1. The summed E-state index contributed by atoms with van der Waals surface area (Å²) >= 11 is 12.0. The van der Waals surface area contributed by atoms with Gasteiger partial charge in [-0.1, -0.05) is 47.0 Å². The van der Waals surface area contributed by atoms with E-state index in [4.69, 9.17) is 23.2 Å². The number of halogens is 2. The predicted molar refractivity (Wildman–Crippen MR) is 102 cm³/mol. The Labute approximate surface area is 156 Å². The number of hydrogen-bond acceptors (Lipinski definition) is 2. The van der Waals surface area contributed by atoms with E-state index in [1.165, 1.54) is 0 Å². The summed E-state index contributed by atoms with van der Waals surface area (Å²) < 4.78 is 1.81. The fourth-order valence-corrected chi connectivity index (χ4v) is 2.76. The maximum Gasteiger partial charge on any atom is 0.256 e. The van der Waals surface area contributed by atoms with Crippen molar-refractivity contribution in [2.45, 2.75) is 20.4 Å². The maximum absolute atomic E-state index is 12.3. The number of hydrogen-bond donors (Lipinski definition) is 1. The summed E-state index contributed by atoms with van der Waals surface area (Å²) in [5.74, 6) is 0.335. The van der Waals surface area contributed by atoms with Crippen molar-refractivity contribution in [3.05, 3.63) is 81.0 Å². The molecule has 0 atom stereocenters. The summed E-state index contributed by atoms with van der Waals surface area (Å²) in [5.41, 5.74) is 3.63. The highest BCUT2D eigenvalue weighted by Gasteiger charge is 2.10. The van der Waals surface area contributed by atoms with Gasteiger partial charge in [0.05, 0.1) is 16.6 Å². The number of nitrogens with zero attached hydrogens (tertiary/aromatic N) is 2. The van der Waals surface area contributed by atoms with Crippen molar-refractivity contribution in [1.29, 1.82) is 0 Å². The molecule has 3 aromatic rings. The van der Waals surface area contributed by atoms with Gasteiger partial charge >= 0.3 is 0 Å². The Kier molecular flexibility index (Phi) is 5.11. The SMILES string of the molecule is Cc1ccc(C(=O)Nc2cc(C)n(Cc3ccc(Cl)c(Cl)c3)n2)cc1. The van der Waals surface area contributed by atoms with E-state index in [-0.39, 0.29) is 5.91 Å². The lowest BCUT2D eigenvalue weighted by molar-refractivity contribution is 0.102. The van der Waals surface area contributed by atoms with Crippen LogP contribution in [0.15, 0.2) is 48.5 Å². The topological polar surface area (TPSA) is 46.9 Å². The van der Waals surface area contributed by atoms with E-state index in [0.717, 1.165) is 16.8 Å². The number of rotatable bonds is 4. The van der Waals surface area contributed by atoms with E-state index in [1.54, 1.807) is 18.2 Å². The average molecular weight is 374 g/mol. The van der Waals surface area contributed by atoms with E-state index in [9.17, 15) is 4.79 Å². The molecule has 0 aliphatic heterocycles. The summed E-state index contributed by atoms with van der Waals surface area (Å²) in [7, 11) is 0. The average Bonchev–Trinajstić information content (AvgIpc) is 2.91. The van der Waals surface area contributed by atoms with Crippen molar-refractivity contribution in [3.8, 4) is 0 Å². The zero-order chi connectivity index (χ0) is 18.0. The first-order chi connectivity index (χ1) is 11.9. The van der Waals surface area contributed by atoms with Crippen LogP contribution < -0.4 is 5.32 Å². The molecule has 128 valence electrons. The molecular formula is C19H17Cl2N3O. The minimum Gasteiger partial charge on any atom is -0.305 e. The van der Waals surface area contributed by atoms with Gasteiger partial charge in [0.1, 0.15) is 0 Å². The standard InChI is InChI=1S/C19H17Cl2N3O/c1-12-3-6-15(7-4-12)19(25)22-18-9-13(2)24(23-18)11-14-5-8-16(20)17(21)10-14/h3-10H,11H2,1-2H3,(H,22,23,25). The molecule has 0 saturated heterocycles. The first-order valence-electron chi connectivity index (χ1n) is 7.79. The predicted octanol–water partition coefficient (Wildman–Crippen LogP) is 5.11. The minimum atomic E-state index is -0.181. The number of anilines is 1. The molecule has 0 bridgehead atoms. The van der Waals surface area contributed by atoms with Crippen LogP contribution in [0.1, 0.15) is 27.2 Å². The van der Waals surface area contributed by atoms with Crippen LogP contribution >= 0.6 is 23.2 Å². The largest absolute Gasteiger partial charge is 0.305 e. The molecule has 1 heterocycles. The van der Waals surface area contributed by atoms with Gasteiger partial charge < -0.3 is 5.32 Å². The molecule has 0 aliphatic carbocycles. The van der Waals surface area contributed by atoms with E-state index < -0.39 is 0 Å². The molecule has 4 nitrogen and oxygen atoms in total. The van der Waals surface area contributed by atoms with Gasteiger partial charge in [-0.15, -0.1) is 0 Å². The van der Waals surface area contributed by atoms with Crippen LogP contribution in [-0.4, -0.2) is 15.7 Å². The Hall–Kier alpha value is -2.30. The van der Waals surface area contributed by atoms with Crippen LogP contribution in [0.3, 0.4) is 0 Å². The molecule has 6 heteroatoms. The van der Waals surface area contributed by atoms with Crippen LogP contribution in [0.25, 0.3) is 0 Å². The van der Waals surface area contributed by atoms with Crippen LogP contribution in [0.2, 0.25) is 10.0 Å². The number of nitrogens with one attached hydrogen (secondary N) is 1. The van der Waals surface area contributed by atoms with Gasteiger partial charge in [0.2, 0.25) is 0 Å². The number of carbonyl (C=O) groups is 1. The molecular weight excluding hydrogens is 357 g/mol. The molecule has 0 aliphatic rings. The summed E-state index contributed by atoms with van der Waals surface area (Å²) in [6.07, 6.45) is 0. The van der Waals surface area contributed by atoms with Gasteiger partial charge in [-0.05, 0) is 43.7 Å². The van der Waals surface area contributed by atoms with Crippen LogP contribution in [0.4, 0.5) is 5.82 Å². The monoisotopic (exact) mass is 373 g/mol. The fourth-order valence-electron chi connectivity index (χ4n) is 2.44. The molecule has 0 fully saturated rings. The highest BCUT2D eigenvalue weighted by molar-refractivity contribution is 6.42. The van der Waals surface area contributed by atoms with Crippen LogP contribution in [0.5, 0.6) is 0 Å². The Morgan fingerprint density at radius 3 is 2.44 bits per heavy atom. The summed E-state index contributed by atoms with van der Waals surface area (Å²) in [5, 5.41) is 8.31. The minimum absolute atomic E-state index is 0.181. The van der Waals surface area contributed by atoms with Crippen LogP contribution in [0, 0.1) is 13.8 Å². The first kappa shape index (κ1) is 17.5. The molecule has 0 radical (unpaired) electrons. The van der Waals surface area contributed by atoms with Gasteiger partial charge in [0.25, 0.3) is 5.91 Å². The Bertz CT molecular complexity index is 917. The molecule has 0 spiro atoms. The zero-order valence-corrected chi connectivity index (χ0v) is 15.4. The quantitative estimate of drug-likeness (QED) is 0.690. The molecule has 25 heavy (non-hydrogen) atoms. The third-order valence-electron chi connectivity index (χ3n) is 3.85. The lowest BCUT2D eigenvalue weighted by atomic mass is 10.1. The number of aromatic nitrogens is 2. The van der Waals surface area contributed by atoms with Crippen LogP contribution in [-0.2, 0) is 6.54 Å². The van der Waals surface area contributed by atoms with E-state index >= 15 is 0 Å². The number of aryl methyl sites for hydroxylation is 2. The van der Waals surface area contributed by atoms with Gasteiger partial charge in [-0.3, -0.25) is 9.48 Å².